The van der Waals surface area contributed by atoms with Crippen LogP contribution in [0.5, 0.6) is 0 Å². The standard InChI is InChI=1S/C21H25N5O3/c1-13-6-4-5-7-15(13)19-16-12-25(18-9-22-8-17(23-18)20(27)28)10-14(16)11-26(19)21(29)24(2)3/h4-9,14,16,19H,10-12H2,1-3H3,(H,27,28)/t14-,16-,19+/m1/s1. The Balaban J connectivity index is 1.66. The summed E-state index contributed by atoms with van der Waals surface area (Å²) in [6.07, 6.45) is 2.87. The van der Waals surface area contributed by atoms with Crippen molar-refractivity contribution in [1.29, 1.82) is 0 Å². The predicted molar refractivity (Wildman–Crippen MR) is 108 cm³/mol. The third-order valence-corrected chi connectivity index (χ3v) is 5.96. The molecule has 3 heterocycles. The van der Waals surface area contributed by atoms with E-state index >= 15 is 0 Å². The van der Waals surface area contributed by atoms with Gasteiger partial charge in [-0.25, -0.2) is 14.6 Å². The minimum atomic E-state index is -1.08. The summed E-state index contributed by atoms with van der Waals surface area (Å²) in [7, 11) is 3.56. The first kappa shape index (κ1) is 19.2. The number of anilines is 1. The Morgan fingerprint density at radius 3 is 2.59 bits per heavy atom. The first-order valence-electron chi connectivity index (χ1n) is 9.70. The zero-order valence-corrected chi connectivity index (χ0v) is 16.8. The average molecular weight is 395 g/mol. The first-order chi connectivity index (χ1) is 13.9. The molecule has 2 aliphatic heterocycles. The van der Waals surface area contributed by atoms with Crippen LogP contribution in [0.4, 0.5) is 10.6 Å². The van der Waals surface area contributed by atoms with Crippen molar-refractivity contribution in [2.24, 2.45) is 11.8 Å². The summed E-state index contributed by atoms with van der Waals surface area (Å²) in [6.45, 7) is 4.18. The Hall–Kier alpha value is -3.16. The molecule has 2 fully saturated rings. The Morgan fingerprint density at radius 2 is 1.90 bits per heavy atom. The molecule has 2 amide bonds. The molecule has 29 heavy (non-hydrogen) atoms. The normalized spacial score (nSPS) is 23.2. The van der Waals surface area contributed by atoms with Crippen molar-refractivity contribution >= 4 is 17.8 Å². The van der Waals surface area contributed by atoms with Crippen LogP contribution in [0, 0.1) is 18.8 Å². The first-order valence-corrected chi connectivity index (χ1v) is 9.70. The van der Waals surface area contributed by atoms with Crippen LogP contribution in [-0.2, 0) is 0 Å². The number of aryl methyl sites for hydroxylation is 1. The fraction of sp³-hybridized carbons (Fsp3) is 0.429. The van der Waals surface area contributed by atoms with Crippen LogP contribution in [0.1, 0.15) is 27.7 Å². The number of urea groups is 1. The highest BCUT2D eigenvalue weighted by molar-refractivity contribution is 5.85. The predicted octanol–water partition coefficient (Wildman–Crippen LogP) is 2.27. The van der Waals surface area contributed by atoms with E-state index in [1.807, 2.05) is 17.0 Å². The Morgan fingerprint density at radius 1 is 1.14 bits per heavy atom. The highest BCUT2D eigenvalue weighted by Crippen LogP contribution is 2.46. The van der Waals surface area contributed by atoms with Crippen molar-refractivity contribution in [1.82, 2.24) is 19.8 Å². The molecule has 1 aromatic heterocycles. The number of carboxylic acid groups (broad SMARTS) is 1. The Kier molecular flexibility index (Phi) is 4.86. The highest BCUT2D eigenvalue weighted by atomic mass is 16.4. The lowest BCUT2D eigenvalue weighted by Crippen LogP contribution is -2.41. The fourth-order valence-corrected chi connectivity index (χ4v) is 4.61. The molecule has 8 nitrogen and oxygen atoms in total. The van der Waals surface area contributed by atoms with Gasteiger partial charge in [-0.1, -0.05) is 24.3 Å². The molecule has 0 bridgehead atoms. The summed E-state index contributed by atoms with van der Waals surface area (Å²) >= 11 is 0. The van der Waals surface area contributed by atoms with Gasteiger partial charge < -0.3 is 19.8 Å². The zero-order chi connectivity index (χ0) is 20.7. The quantitative estimate of drug-likeness (QED) is 0.858. The number of carbonyl (C=O) groups excluding carboxylic acids is 1. The van der Waals surface area contributed by atoms with Gasteiger partial charge in [0.15, 0.2) is 5.69 Å². The van der Waals surface area contributed by atoms with Gasteiger partial charge in [0.2, 0.25) is 0 Å². The van der Waals surface area contributed by atoms with Gasteiger partial charge in [0.05, 0.1) is 18.4 Å². The molecule has 0 aliphatic carbocycles. The number of hydrogen-bond acceptors (Lipinski definition) is 5. The van der Waals surface area contributed by atoms with Gasteiger partial charge in [-0.05, 0) is 18.1 Å². The second-order valence-corrected chi connectivity index (χ2v) is 8.03. The molecule has 4 rings (SSSR count). The molecule has 0 spiro atoms. The summed E-state index contributed by atoms with van der Waals surface area (Å²) in [5, 5.41) is 9.21. The highest BCUT2D eigenvalue weighted by Gasteiger charge is 2.50. The topological polar surface area (TPSA) is 89.9 Å². The van der Waals surface area contributed by atoms with Crippen molar-refractivity contribution in [2.45, 2.75) is 13.0 Å². The van der Waals surface area contributed by atoms with Crippen LogP contribution in [0.25, 0.3) is 0 Å². The lowest BCUT2D eigenvalue weighted by atomic mass is 9.88. The molecule has 2 aromatic rings. The maximum absolute atomic E-state index is 12.9. The maximum atomic E-state index is 12.9. The van der Waals surface area contributed by atoms with E-state index in [1.165, 1.54) is 17.3 Å². The number of aromatic nitrogens is 2. The van der Waals surface area contributed by atoms with Crippen molar-refractivity contribution < 1.29 is 14.7 Å². The van der Waals surface area contributed by atoms with Gasteiger partial charge in [0, 0.05) is 45.6 Å². The number of hydrogen-bond donors (Lipinski definition) is 1. The molecule has 1 aromatic carbocycles. The van der Waals surface area contributed by atoms with Gasteiger partial charge in [-0.2, -0.15) is 0 Å². The van der Waals surface area contributed by atoms with E-state index in [9.17, 15) is 14.7 Å². The summed E-state index contributed by atoms with van der Waals surface area (Å²) in [5.41, 5.74) is 2.28. The lowest BCUT2D eigenvalue weighted by molar-refractivity contribution is 0.0690. The lowest BCUT2D eigenvalue weighted by Gasteiger charge is -2.32. The number of fused-ring (bicyclic) bond motifs is 1. The number of nitrogens with zero attached hydrogens (tertiary/aromatic N) is 5. The Labute approximate surface area is 169 Å². The Bertz CT molecular complexity index is 947. The molecule has 0 unspecified atom stereocenters. The van der Waals surface area contributed by atoms with Crippen LogP contribution in [0.2, 0.25) is 0 Å². The molecular weight excluding hydrogens is 370 g/mol. The van der Waals surface area contributed by atoms with Gasteiger partial charge in [0.1, 0.15) is 5.82 Å². The number of amides is 2. The second kappa shape index (κ2) is 7.35. The van der Waals surface area contributed by atoms with Crippen LogP contribution in [0.15, 0.2) is 36.7 Å². The van der Waals surface area contributed by atoms with Crippen LogP contribution in [-0.4, -0.2) is 70.6 Å². The second-order valence-electron chi connectivity index (χ2n) is 8.03. The molecule has 0 radical (unpaired) electrons. The molecule has 152 valence electrons. The molecule has 0 saturated carbocycles. The fourth-order valence-electron chi connectivity index (χ4n) is 4.61. The average Bonchev–Trinajstić information content (AvgIpc) is 3.26. The van der Waals surface area contributed by atoms with Crippen molar-refractivity contribution in [3.63, 3.8) is 0 Å². The largest absolute Gasteiger partial charge is 0.476 e. The van der Waals surface area contributed by atoms with Crippen molar-refractivity contribution in [3.8, 4) is 0 Å². The van der Waals surface area contributed by atoms with Crippen LogP contribution in [0.3, 0.4) is 0 Å². The van der Waals surface area contributed by atoms with E-state index in [0.717, 1.165) is 6.54 Å². The van der Waals surface area contributed by atoms with Crippen molar-refractivity contribution in [2.75, 3.05) is 38.6 Å². The zero-order valence-electron chi connectivity index (χ0n) is 16.8. The summed E-state index contributed by atoms with van der Waals surface area (Å²) in [5.74, 6) is 0.0293. The smallest absolute Gasteiger partial charge is 0.356 e. The van der Waals surface area contributed by atoms with E-state index in [0.29, 0.717) is 24.8 Å². The van der Waals surface area contributed by atoms with Crippen LogP contribution < -0.4 is 4.90 Å². The summed E-state index contributed by atoms with van der Waals surface area (Å²) in [4.78, 5) is 38.1. The summed E-state index contributed by atoms with van der Waals surface area (Å²) < 4.78 is 0. The van der Waals surface area contributed by atoms with Gasteiger partial charge in [-0.3, -0.25) is 4.98 Å². The molecule has 2 aliphatic rings. The summed E-state index contributed by atoms with van der Waals surface area (Å²) in [6, 6.07) is 8.21. The van der Waals surface area contributed by atoms with E-state index < -0.39 is 5.97 Å². The van der Waals surface area contributed by atoms with Crippen molar-refractivity contribution in [3.05, 3.63) is 53.5 Å². The van der Waals surface area contributed by atoms with E-state index in [4.69, 9.17) is 0 Å². The minimum Gasteiger partial charge on any atom is -0.476 e. The van der Waals surface area contributed by atoms with Crippen LogP contribution >= 0.6 is 0 Å². The molecule has 1 N–H and O–H groups in total. The number of likely N-dealkylation sites (tertiary alicyclic amines) is 1. The minimum absolute atomic E-state index is 0.0169. The van der Waals surface area contributed by atoms with Gasteiger partial charge in [-0.15, -0.1) is 0 Å². The van der Waals surface area contributed by atoms with E-state index in [2.05, 4.69) is 33.9 Å². The third-order valence-electron chi connectivity index (χ3n) is 5.96. The molecule has 8 heteroatoms. The number of benzene rings is 1. The number of rotatable bonds is 3. The number of carbonyl (C=O) groups is 2. The molecule has 3 atom stereocenters. The monoisotopic (exact) mass is 395 g/mol. The third kappa shape index (κ3) is 3.39. The van der Waals surface area contributed by atoms with E-state index in [1.54, 1.807) is 25.2 Å². The SMILES string of the molecule is Cc1ccccc1[C@H]1[C@@H]2CN(c3cncc(C(=O)O)n3)C[C@@H]2CN1C(=O)N(C)C. The maximum Gasteiger partial charge on any atom is 0.356 e. The number of aromatic carboxylic acids is 1. The number of carboxylic acids is 1. The van der Waals surface area contributed by atoms with E-state index in [-0.39, 0.29) is 23.7 Å². The molecular formula is C21H25N5O3. The van der Waals surface area contributed by atoms with Gasteiger partial charge in [0.25, 0.3) is 0 Å². The van der Waals surface area contributed by atoms with Gasteiger partial charge >= 0.3 is 12.0 Å². The molecule has 2 saturated heterocycles.